The predicted molar refractivity (Wildman–Crippen MR) is 95.1 cm³/mol. The van der Waals surface area contributed by atoms with Crippen molar-refractivity contribution < 1.29 is 14.3 Å². The number of morpholine rings is 1. The minimum absolute atomic E-state index is 0.0870. The standard InChI is InChI=1S/C18H18N2O3S/c21-17(6-5-14-7-12-24-13-14)19-16-4-2-1-3-15(16)18(22)20-8-10-23-11-9-20/h1-7,12-13H,8-11H2,(H,19,21). The van der Waals surface area contributed by atoms with Gasteiger partial charge in [0, 0.05) is 19.2 Å². The van der Waals surface area contributed by atoms with E-state index in [1.807, 2.05) is 16.8 Å². The zero-order valence-corrected chi connectivity index (χ0v) is 13.9. The molecule has 1 aromatic heterocycles. The molecule has 1 N–H and O–H groups in total. The van der Waals surface area contributed by atoms with Crippen molar-refractivity contribution in [2.75, 3.05) is 31.6 Å². The topological polar surface area (TPSA) is 58.6 Å². The summed E-state index contributed by atoms with van der Waals surface area (Å²) in [5.41, 5.74) is 2.00. The molecular weight excluding hydrogens is 324 g/mol. The molecule has 1 aliphatic heterocycles. The first-order chi connectivity index (χ1) is 11.7. The normalized spacial score (nSPS) is 14.8. The monoisotopic (exact) mass is 342 g/mol. The van der Waals surface area contributed by atoms with Gasteiger partial charge in [-0.05, 0) is 40.6 Å². The summed E-state index contributed by atoms with van der Waals surface area (Å²) in [4.78, 5) is 26.5. The smallest absolute Gasteiger partial charge is 0.256 e. The number of nitrogens with zero attached hydrogens (tertiary/aromatic N) is 1. The maximum Gasteiger partial charge on any atom is 0.256 e. The second-order valence-electron chi connectivity index (χ2n) is 5.33. The molecule has 0 radical (unpaired) electrons. The van der Waals surface area contributed by atoms with Gasteiger partial charge < -0.3 is 15.0 Å². The number of thiophene rings is 1. The van der Waals surface area contributed by atoms with Crippen LogP contribution in [0.3, 0.4) is 0 Å². The molecule has 24 heavy (non-hydrogen) atoms. The van der Waals surface area contributed by atoms with Crippen LogP contribution >= 0.6 is 11.3 Å². The Hall–Kier alpha value is -2.44. The van der Waals surface area contributed by atoms with E-state index < -0.39 is 0 Å². The molecular formula is C18H18N2O3S. The number of carbonyl (C=O) groups excluding carboxylic acids is 2. The Labute approximate surface area is 144 Å². The first-order valence-corrected chi connectivity index (χ1v) is 8.65. The van der Waals surface area contributed by atoms with E-state index in [2.05, 4.69) is 5.32 Å². The summed E-state index contributed by atoms with van der Waals surface area (Å²) < 4.78 is 5.28. The largest absolute Gasteiger partial charge is 0.378 e. The van der Waals surface area contributed by atoms with E-state index in [0.717, 1.165) is 5.56 Å². The van der Waals surface area contributed by atoms with E-state index in [9.17, 15) is 9.59 Å². The van der Waals surface area contributed by atoms with Gasteiger partial charge in [0.2, 0.25) is 5.91 Å². The van der Waals surface area contributed by atoms with Gasteiger partial charge in [0.1, 0.15) is 0 Å². The van der Waals surface area contributed by atoms with Crippen LogP contribution in [0.25, 0.3) is 6.08 Å². The molecule has 0 bridgehead atoms. The molecule has 124 valence electrons. The Balaban J connectivity index is 1.71. The number of hydrogen-bond acceptors (Lipinski definition) is 4. The number of hydrogen-bond donors (Lipinski definition) is 1. The van der Waals surface area contributed by atoms with Crippen molar-refractivity contribution in [1.29, 1.82) is 0 Å². The fourth-order valence-corrected chi connectivity index (χ4v) is 3.06. The molecule has 3 rings (SSSR count). The number of amides is 2. The second kappa shape index (κ2) is 7.90. The Morgan fingerprint density at radius 3 is 2.71 bits per heavy atom. The zero-order chi connectivity index (χ0) is 16.8. The van der Waals surface area contributed by atoms with Gasteiger partial charge in [-0.25, -0.2) is 0 Å². The number of nitrogens with one attached hydrogen (secondary N) is 1. The number of carbonyl (C=O) groups is 2. The summed E-state index contributed by atoms with van der Waals surface area (Å²) in [5, 5.41) is 6.70. The van der Waals surface area contributed by atoms with Gasteiger partial charge in [-0.15, -0.1) is 0 Å². The van der Waals surface area contributed by atoms with E-state index in [4.69, 9.17) is 4.74 Å². The van der Waals surface area contributed by atoms with Crippen LogP contribution in [0.4, 0.5) is 5.69 Å². The highest BCUT2D eigenvalue weighted by atomic mass is 32.1. The van der Waals surface area contributed by atoms with E-state index >= 15 is 0 Å². The zero-order valence-electron chi connectivity index (χ0n) is 13.1. The highest BCUT2D eigenvalue weighted by molar-refractivity contribution is 7.08. The van der Waals surface area contributed by atoms with Crippen molar-refractivity contribution in [2.45, 2.75) is 0 Å². The quantitative estimate of drug-likeness (QED) is 0.869. The minimum atomic E-state index is -0.261. The number of benzene rings is 1. The number of ether oxygens (including phenoxy) is 1. The van der Waals surface area contributed by atoms with Crippen molar-refractivity contribution in [1.82, 2.24) is 4.90 Å². The average molecular weight is 342 g/mol. The minimum Gasteiger partial charge on any atom is -0.378 e. The maximum absolute atomic E-state index is 12.6. The third kappa shape index (κ3) is 4.10. The van der Waals surface area contributed by atoms with Crippen molar-refractivity contribution in [2.24, 2.45) is 0 Å². The van der Waals surface area contributed by atoms with Gasteiger partial charge in [0.05, 0.1) is 24.5 Å². The highest BCUT2D eigenvalue weighted by Crippen LogP contribution is 2.18. The highest BCUT2D eigenvalue weighted by Gasteiger charge is 2.21. The fourth-order valence-electron chi connectivity index (χ4n) is 2.43. The molecule has 2 amide bonds. The molecule has 0 aliphatic carbocycles. The molecule has 2 aromatic rings. The first kappa shape index (κ1) is 16.4. The lowest BCUT2D eigenvalue weighted by Gasteiger charge is -2.27. The Morgan fingerprint density at radius 2 is 1.96 bits per heavy atom. The third-order valence-electron chi connectivity index (χ3n) is 3.68. The van der Waals surface area contributed by atoms with Crippen LogP contribution < -0.4 is 5.32 Å². The SMILES string of the molecule is O=C(C=Cc1ccsc1)Nc1ccccc1C(=O)N1CCOCC1. The first-order valence-electron chi connectivity index (χ1n) is 7.71. The lowest BCUT2D eigenvalue weighted by molar-refractivity contribution is -0.111. The molecule has 2 heterocycles. The van der Waals surface area contributed by atoms with Crippen molar-refractivity contribution in [3.05, 3.63) is 58.3 Å². The maximum atomic E-state index is 12.6. The molecule has 0 spiro atoms. The summed E-state index contributed by atoms with van der Waals surface area (Å²) in [6.45, 7) is 2.23. The van der Waals surface area contributed by atoms with E-state index in [1.165, 1.54) is 6.08 Å². The third-order valence-corrected chi connectivity index (χ3v) is 4.39. The van der Waals surface area contributed by atoms with Crippen molar-refractivity contribution in [3.8, 4) is 0 Å². The Kier molecular flexibility index (Phi) is 5.40. The Morgan fingerprint density at radius 1 is 1.17 bits per heavy atom. The van der Waals surface area contributed by atoms with E-state index in [1.54, 1.807) is 46.6 Å². The summed E-state index contributed by atoms with van der Waals surface area (Å²) in [6.07, 6.45) is 3.22. The van der Waals surface area contributed by atoms with Crippen LogP contribution in [0.2, 0.25) is 0 Å². The molecule has 0 atom stereocenters. The molecule has 1 fully saturated rings. The molecule has 0 unspecified atom stereocenters. The van der Waals surface area contributed by atoms with Crippen LogP contribution in [0.15, 0.2) is 47.2 Å². The van der Waals surface area contributed by atoms with Gasteiger partial charge in [-0.3, -0.25) is 9.59 Å². The van der Waals surface area contributed by atoms with Gasteiger partial charge in [0.25, 0.3) is 5.91 Å². The fraction of sp³-hybridized carbons (Fsp3) is 0.222. The lowest BCUT2D eigenvalue weighted by Crippen LogP contribution is -2.41. The van der Waals surface area contributed by atoms with Gasteiger partial charge >= 0.3 is 0 Å². The van der Waals surface area contributed by atoms with E-state index in [0.29, 0.717) is 37.6 Å². The lowest BCUT2D eigenvalue weighted by atomic mass is 10.1. The van der Waals surface area contributed by atoms with Crippen LogP contribution in [-0.2, 0) is 9.53 Å². The Bertz CT molecular complexity index is 734. The van der Waals surface area contributed by atoms with Gasteiger partial charge in [-0.2, -0.15) is 11.3 Å². The summed E-state index contributed by atoms with van der Waals surface area (Å²) in [5.74, 6) is -0.348. The van der Waals surface area contributed by atoms with Gasteiger partial charge in [-0.1, -0.05) is 12.1 Å². The molecule has 1 aliphatic rings. The predicted octanol–water partition coefficient (Wildman–Crippen LogP) is 2.87. The number of rotatable bonds is 4. The summed E-state index contributed by atoms with van der Waals surface area (Å²) in [6, 6.07) is 9.00. The molecule has 0 saturated carbocycles. The van der Waals surface area contributed by atoms with E-state index in [-0.39, 0.29) is 11.8 Å². The van der Waals surface area contributed by atoms with Crippen LogP contribution in [0, 0.1) is 0 Å². The van der Waals surface area contributed by atoms with Crippen LogP contribution in [0.5, 0.6) is 0 Å². The van der Waals surface area contributed by atoms with Crippen LogP contribution in [0.1, 0.15) is 15.9 Å². The molecule has 5 nitrogen and oxygen atoms in total. The average Bonchev–Trinajstić information content (AvgIpc) is 3.14. The van der Waals surface area contributed by atoms with Crippen molar-refractivity contribution in [3.63, 3.8) is 0 Å². The molecule has 6 heteroatoms. The van der Waals surface area contributed by atoms with Gasteiger partial charge in [0.15, 0.2) is 0 Å². The second-order valence-corrected chi connectivity index (χ2v) is 6.11. The molecule has 1 aromatic carbocycles. The summed E-state index contributed by atoms with van der Waals surface area (Å²) >= 11 is 1.57. The summed E-state index contributed by atoms with van der Waals surface area (Å²) in [7, 11) is 0. The van der Waals surface area contributed by atoms with Crippen LogP contribution in [-0.4, -0.2) is 43.0 Å². The number of para-hydroxylation sites is 1. The molecule has 1 saturated heterocycles. The van der Waals surface area contributed by atoms with Crippen molar-refractivity contribution >= 4 is 34.9 Å². The number of anilines is 1.